The van der Waals surface area contributed by atoms with Crippen molar-refractivity contribution in [3.63, 3.8) is 0 Å². The largest absolute Gasteiger partial charge is 0.339 e. The van der Waals surface area contributed by atoms with E-state index in [1.807, 2.05) is 44.4 Å². The summed E-state index contributed by atoms with van der Waals surface area (Å²) in [5, 5.41) is 4.20. The van der Waals surface area contributed by atoms with Gasteiger partial charge in [0.2, 0.25) is 5.91 Å². The molecule has 0 bridgehead atoms. The van der Waals surface area contributed by atoms with E-state index in [1.165, 1.54) is 5.56 Å². The molecule has 2 heterocycles. The first-order valence-corrected chi connectivity index (χ1v) is 9.26. The highest BCUT2D eigenvalue weighted by Crippen LogP contribution is 2.12. The first-order chi connectivity index (χ1) is 12.5. The van der Waals surface area contributed by atoms with E-state index in [-0.39, 0.29) is 11.9 Å². The molecule has 1 fully saturated rings. The van der Waals surface area contributed by atoms with Crippen LogP contribution >= 0.6 is 0 Å². The molecule has 1 saturated heterocycles. The lowest BCUT2D eigenvalue weighted by molar-refractivity contribution is -0.138. The maximum Gasteiger partial charge on any atom is 0.239 e. The fourth-order valence-electron chi connectivity index (χ4n) is 3.40. The minimum atomic E-state index is -0.129. The van der Waals surface area contributed by atoms with E-state index in [9.17, 15) is 4.79 Å². The number of benzene rings is 1. The molecule has 26 heavy (non-hydrogen) atoms. The maximum absolute atomic E-state index is 12.8. The fraction of sp³-hybridized carbons (Fsp3) is 0.500. The van der Waals surface area contributed by atoms with Crippen LogP contribution in [-0.4, -0.2) is 69.7 Å². The minimum absolute atomic E-state index is 0.129. The van der Waals surface area contributed by atoms with Crippen molar-refractivity contribution < 1.29 is 4.79 Å². The number of amides is 1. The Morgan fingerprint density at radius 3 is 2.46 bits per heavy atom. The van der Waals surface area contributed by atoms with Gasteiger partial charge in [-0.1, -0.05) is 30.3 Å². The van der Waals surface area contributed by atoms with Crippen LogP contribution in [0.25, 0.3) is 0 Å². The number of hydrogen-bond acceptors (Lipinski definition) is 4. The van der Waals surface area contributed by atoms with E-state index in [0.29, 0.717) is 0 Å². The smallest absolute Gasteiger partial charge is 0.239 e. The summed E-state index contributed by atoms with van der Waals surface area (Å²) in [5.41, 5.74) is 2.46. The van der Waals surface area contributed by atoms with Gasteiger partial charge in [-0.05, 0) is 19.5 Å². The fourth-order valence-corrected chi connectivity index (χ4v) is 3.40. The van der Waals surface area contributed by atoms with Gasteiger partial charge in [-0.15, -0.1) is 0 Å². The van der Waals surface area contributed by atoms with Crippen molar-refractivity contribution in [1.82, 2.24) is 24.5 Å². The lowest BCUT2D eigenvalue weighted by Gasteiger charge is -2.37. The Labute approximate surface area is 156 Å². The Morgan fingerprint density at radius 1 is 1.15 bits per heavy atom. The second kappa shape index (κ2) is 8.47. The van der Waals surface area contributed by atoms with Crippen LogP contribution in [0.5, 0.6) is 0 Å². The van der Waals surface area contributed by atoms with Crippen molar-refractivity contribution in [2.24, 2.45) is 7.05 Å². The number of carbonyl (C=O) groups is 1. The number of aromatic nitrogens is 2. The number of aryl methyl sites for hydroxylation is 1. The summed E-state index contributed by atoms with van der Waals surface area (Å²) < 4.78 is 1.79. The van der Waals surface area contributed by atoms with Gasteiger partial charge in [-0.25, -0.2) is 0 Å². The highest BCUT2D eigenvalue weighted by atomic mass is 16.2. The predicted molar refractivity (Wildman–Crippen MR) is 102 cm³/mol. The molecule has 0 radical (unpaired) electrons. The van der Waals surface area contributed by atoms with Gasteiger partial charge in [0.05, 0.1) is 12.2 Å². The van der Waals surface area contributed by atoms with Gasteiger partial charge in [0.1, 0.15) is 0 Å². The van der Waals surface area contributed by atoms with Crippen LogP contribution in [0.4, 0.5) is 0 Å². The average Bonchev–Trinajstić information content (AvgIpc) is 3.06. The van der Waals surface area contributed by atoms with Crippen LogP contribution in [0, 0.1) is 0 Å². The Morgan fingerprint density at radius 2 is 1.85 bits per heavy atom. The van der Waals surface area contributed by atoms with Crippen LogP contribution < -0.4 is 0 Å². The molecule has 0 aliphatic carbocycles. The van der Waals surface area contributed by atoms with Crippen LogP contribution in [0.2, 0.25) is 0 Å². The first-order valence-electron chi connectivity index (χ1n) is 9.26. The van der Waals surface area contributed by atoms with Crippen molar-refractivity contribution in [2.45, 2.75) is 26.1 Å². The third-order valence-electron chi connectivity index (χ3n) is 5.14. The molecule has 1 unspecified atom stereocenters. The second-order valence-corrected chi connectivity index (χ2v) is 7.20. The Bertz CT molecular complexity index is 706. The molecule has 1 aliphatic heterocycles. The molecule has 1 aromatic carbocycles. The van der Waals surface area contributed by atoms with Crippen LogP contribution in [0.1, 0.15) is 18.1 Å². The summed E-state index contributed by atoms with van der Waals surface area (Å²) in [7, 11) is 3.91. The zero-order chi connectivity index (χ0) is 18.5. The van der Waals surface area contributed by atoms with E-state index in [4.69, 9.17) is 0 Å². The standard InChI is InChI=1S/C20H29N5O/c1-17(22(2)14-19-13-21-23(3)15-19)20(26)25-11-9-24(10-12-25)16-18-7-5-4-6-8-18/h4-8,13,15,17H,9-12,14,16H2,1-3H3. The summed E-state index contributed by atoms with van der Waals surface area (Å²) in [6, 6.07) is 10.4. The number of rotatable bonds is 6. The first kappa shape index (κ1) is 18.6. The molecule has 3 rings (SSSR count). The minimum Gasteiger partial charge on any atom is -0.339 e. The van der Waals surface area contributed by atoms with Gasteiger partial charge in [0.15, 0.2) is 0 Å². The molecule has 0 spiro atoms. The van der Waals surface area contributed by atoms with Gasteiger partial charge < -0.3 is 4.90 Å². The molecule has 0 N–H and O–H groups in total. The third-order valence-corrected chi connectivity index (χ3v) is 5.14. The summed E-state index contributed by atoms with van der Waals surface area (Å²) in [4.78, 5) is 19.4. The Kier molecular flexibility index (Phi) is 6.06. The van der Waals surface area contributed by atoms with Gasteiger partial charge >= 0.3 is 0 Å². The van der Waals surface area contributed by atoms with E-state index < -0.39 is 0 Å². The highest BCUT2D eigenvalue weighted by Gasteiger charge is 2.27. The van der Waals surface area contributed by atoms with Crippen LogP contribution in [0.3, 0.4) is 0 Å². The molecule has 6 nitrogen and oxygen atoms in total. The summed E-state index contributed by atoms with van der Waals surface area (Å²) in [6.45, 7) is 7.15. The van der Waals surface area contributed by atoms with Crippen molar-refractivity contribution in [3.8, 4) is 0 Å². The van der Waals surface area contributed by atoms with Gasteiger partial charge in [-0.3, -0.25) is 19.3 Å². The quantitative estimate of drug-likeness (QED) is 0.789. The zero-order valence-electron chi connectivity index (χ0n) is 16.0. The molecule has 140 valence electrons. The topological polar surface area (TPSA) is 44.6 Å². The molecular weight excluding hydrogens is 326 g/mol. The monoisotopic (exact) mass is 355 g/mol. The SMILES string of the molecule is CC(C(=O)N1CCN(Cc2ccccc2)CC1)N(C)Cc1cnn(C)c1. The Hall–Kier alpha value is -2.18. The number of nitrogens with zero attached hydrogens (tertiary/aromatic N) is 5. The van der Waals surface area contributed by atoms with Crippen molar-refractivity contribution >= 4 is 5.91 Å². The van der Waals surface area contributed by atoms with Gasteiger partial charge in [0, 0.05) is 58.1 Å². The zero-order valence-corrected chi connectivity index (χ0v) is 16.0. The average molecular weight is 355 g/mol. The molecule has 1 amide bonds. The summed E-state index contributed by atoms with van der Waals surface area (Å²) in [6.07, 6.45) is 3.85. The molecular formula is C20H29N5O. The van der Waals surface area contributed by atoms with Crippen LogP contribution in [-0.2, 0) is 24.9 Å². The van der Waals surface area contributed by atoms with E-state index in [2.05, 4.69) is 39.2 Å². The van der Waals surface area contributed by atoms with E-state index in [1.54, 1.807) is 4.68 Å². The highest BCUT2D eigenvalue weighted by molar-refractivity contribution is 5.81. The van der Waals surface area contributed by atoms with Crippen LogP contribution in [0.15, 0.2) is 42.7 Å². The number of piperazine rings is 1. The van der Waals surface area contributed by atoms with Crippen molar-refractivity contribution in [3.05, 3.63) is 53.9 Å². The normalized spacial score (nSPS) is 16.8. The second-order valence-electron chi connectivity index (χ2n) is 7.20. The molecule has 0 saturated carbocycles. The molecule has 1 atom stereocenters. The lowest BCUT2D eigenvalue weighted by atomic mass is 10.1. The lowest BCUT2D eigenvalue weighted by Crippen LogP contribution is -2.53. The van der Waals surface area contributed by atoms with Crippen molar-refractivity contribution in [1.29, 1.82) is 0 Å². The summed E-state index contributed by atoms with van der Waals surface area (Å²) in [5.74, 6) is 0.218. The van der Waals surface area contributed by atoms with Gasteiger partial charge in [-0.2, -0.15) is 5.10 Å². The van der Waals surface area contributed by atoms with E-state index in [0.717, 1.165) is 44.8 Å². The van der Waals surface area contributed by atoms with E-state index >= 15 is 0 Å². The predicted octanol–water partition coefficient (Wildman–Crippen LogP) is 1.58. The summed E-state index contributed by atoms with van der Waals surface area (Å²) >= 11 is 0. The molecule has 1 aliphatic rings. The number of likely N-dealkylation sites (N-methyl/N-ethyl adjacent to an activating group) is 1. The number of hydrogen-bond donors (Lipinski definition) is 0. The maximum atomic E-state index is 12.8. The molecule has 1 aromatic heterocycles. The number of carbonyl (C=O) groups excluding carboxylic acids is 1. The molecule has 2 aromatic rings. The Balaban J connectivity index is 1.47. The third kappa shape index (κ3) is 4.71. The molecule has 6 heteroatoms. The van der Waals surface area contributed by atoms with Crippen molar-refractivity contribution in [2.75, 3.05) is 33.2 Å². The van der Waals surface area contributed by atoms with Gasteiger partial charge in [0.25, 0.3) is 0 Å².